The van der Waals surface area contributed by atoms with Crippen LogP contribution in [0.15, 0.2) is 24.3 Å². The monoisotopic (exact) mass is 318 g/mol. The minimum absolute atomic E-state index is 0.0195. The summed E-state index contributed by atoms with van der Waals surface area (Å²) in [7, 11) is 0. The van der Waals surface area contributed by atoms with E-state index < -0.39 is 0 Å². The van der Waals surface area contributed by atoms with Gasteiger partial charge in [-0.1, -0.05) is 24.1 Å². The number of carbonyl (C=O) groups is 2. The summed E-state index contributed by atoms with van der Waals surface area (Å²) in [6, 6.07) is 7.61. The molecule has 5 nitrogen and oxygen atoms in total. The van der Waals surface area contributed by atoms with Crippen LogP contribution in [0.1, 0.15) is 37.7 Å². The van der Waals surface area contributed by atoms with E-state index in [1.54, 1.807) is 0 Å². The highest BCUT2D eigenvalue weighted by Crippen LogP contribution is 2.12. The molecule has 1 fully saturated rings. The Balaban J connectivity index is 1.59. The summed E-state index contributed by atoms with van der Waals surface area (Å²) in [6.45, 7) is 4.17. The summed E-state index contributed by atoms with van der Waals surface area (Å²) >= 11 is 0. The Hall–Kier alpha value is -2.04. The summed E-state index contributed by atoms with van der Waals surface area (Å²) in [4.78, 5) is 25.5. The number of carbonyl (C=O) groups excluding carboxylic acids is 2. The molecule has 0 aromatic heterocycles. The molecule has 1 N–H and O–H groups in total. The van der Waals surface area contributed by atoms with E-state index in [9.17, 15) is 9.59 Å². The van der Waals surface area contributed by atoms with Crippen LogP contribution in [0.25, 0.3) is 0 Å². The molecule has 0 spiro atoms. The molecule has 0 aliphatic carbocycles. The van der Waals surface area contributed by atoms with Crippen LogP contribution in [-0.4, -0.2) is 43.0 Å². The van der Waals surface area contributed by atoms with Gasteiger partial charge in [0.15, 0.2) is 6.61 Å². The molecule has 126 valence electrons. The summed E-state index contributed by atoms with van der Waals surface area (Å²) in [5.41, 5.74) is 1.16. The predicted molar refractivity (Wildman–Crippen MR) is 89.3 cm³/mol. The fourth-order valence-corrected chi connectivity index (χ4v) is 2.61. The van der Waals surface area contributed by atoms with Crippen molar-refractivity contribution in [2.24, 2.45) is 0 Å². The van der Waals surface area contributed by atoms with Gasteiger partial charge in [-0.25, -0.2) is 0 Å². The van der Waals surface area contributed by atoms with Crippen LogP contribution < -0.4 is 10.1 Å². The van der Waals surface area contributed by atoms with Gasteiger partial charge in [-0.15, -0.1) is 0 Å². The van der Waals surface area contributed by atoms with Crippen molar-refractivity contribution in [2.45, 2.75) is 39.0 Å². The third-order valence-corrected chi connectivity index (χ3v) is 3.99. The summed E-state index contributed by atoms with van der Waals surface area (Å²) in [6.07, 6.45) is 4.67. The first kappa shape index (κ1) is 17.3. The van der Waals surface area contributed by atoms with Crippen molar-refractivity contribution < 1.29 is 14.3 Å². The zero-order valence-corrected chi connectivity index (χ0v) is 13.8. The minimum atomic E-state index is -0.132. The van der Waals surface area contributed by atoms with Crippen molar-refractivity contribution in [3.63, 3.8) is 0 Å². The van der Waals surface area contributed by atoms with Gasteiger partial charge < -0.3 is 15.0 Å². The van der Waals surface area contributed by atoms with Gasteiger partial charge in [0.05, 0.1) is 0 Å². The fraction of sp³-hybridized carbons (Fsp3) is 0.556. The summed E-state index contributed by atoms with van der Waals surface area (Å²) < 4.78 is 5.43. The van der Waals surface area contributed by atoms with Crippen LogP contribution in [0.3, 0.4) is 0 Å². The molecule has 1 aliphatic heterocycles. The molecule has 1 saturated heterocycles. The Morgan fingerprint density at radius 2 is 2.00 bits per heavy atom. The molecule has 1 aromatic rings. The molecule has 2 amide bonds. The first-order valence-electron chi connectivity index (χ1n) is 8.39. The minimum Gasteiger partial charge on any atom is -0.484 e. The van der Waals surface area contributed by atoms with Crippen LogP contribution in [-0.2, 0) is 9.59 Å². The van der Waals surface area contributed by atoms with Crippen LogP contribution in [0.5, 0.6) is 5.75 Å². The van der Waals surface area contributed by atoms with E-state index in [2.05, 4.69) is 5.32 Å². The lowest BCUT2D eigenvalue weighted by Gasteiger charge is -2.20. The van der Waals surface area contributed by atoms with Gasteiger partial charge in [0.25, 0.3) is 5.91 Å². The second-order valence-corrected chi connectivity index (χ2v) is 6.00. The topological polar surface area (TPSA) is 58.6 Å². The largest absolute Gasteiger partial charge is 0.484 e. The maximum Gasteiger partial charge on any atom is 0.257 e. The Kier molecular flexibility index (Phi) is 6.91. The van der Waals surface area contributed by atoms with Gasteiger partial charge in [-0.05, 0) is 38.3 Å². The lowest BCUT2D eigenvalue weighted by atomic mass is 10.2. The molecule has 0 radical (unpaired) electrons. The van der Waals surface area contributed by atoms with E-state index >= 15 is 0 Å². The number of amides is 2. The van der Waals surface area contributed by atoms with E-state index in [4.69, 9.17) is 4.74 Å². The molecule has 0 saturated carbocycles. The Bertz CT molecular complexity index is 514. The van der Waals surface area contributed by atoms with E-state index in [0.29, 0.717) is 18.7 Å². The number of likely N-dealkylation sites (tertiary alicyclic amines) is 1. The smallest absolute Gasteiger partial charge is 0.257 e. The third kappa shape index (κ3) is 6.30. The Morgan fingerprint density at radius 1 is 1.22 bits per heavy atom. The van der Waals surface area contributed by atoms with Crippen molar-refractivity contribution in [3.05, 3.63) is 29.8 Å². The Morgan fingerprint density at radius 3 is 2.78 bits per heavy atom. The van der Waals surface area contributed by atoms with E-state index in [1.165, 1.54) is 0 Å². The number of hydrogen-bond donors (Lipinski definition) is 1. The van der Waals surface area contributed by atoms with Gasteiger partial charge in [0.1, 0.15) is 5.75 Å². The maximum absolute atomic E-state index is 11.8. The third-order valence-electron chi connectivity index (χ3n) is 3.99. The zero-order chi connectivity index (χ0) is 16.5. The highest BCUT2D eigenvalue weighted by molar-refractivity contribution is 5.77. The average molecular weight is 318 g/mol. The normalized spacial score (nSPS) is 15.2. The quantitative estimate of drug-likeness (QED) is 0.785. The van der Waals surface area contributed by atoms with Crippen molar-refractivity contribution >= 4 is 11.8 Å². The van der Waals surface area contributed by atoms with Crippen molar-refractivity contribution in [1.29, 1.82) is 0 Å². The van der Waals surface area contributed by atoms with Gasteiger partial charge in [0.2, 0.25) is 5.91 Å². The number of ether oxygens (including phenoxy) is 1. The molecule has 23 heavy (non-hydrogen) atoms. The molecule has 5 heteroatoms. The molecule has 1 aromatic carbocycles. The molecule has 2 rings (SSSR count). The number of nitrogens with one attached hydrogen (secondary N) is 1. The van der Waals surface area contributed by atoms with Crippen molar-refractivity contribution in [2.75, 3.05) is 26.2 Å². The van der Waals surface area contributed by atoms with Gasteiger partial charge in [-0.2, -0.15) is 0 Å². The standard InChI is InChI=1S/C18H26N2O3/c1-15-7-9-16(10-8-15)23-14-17(21)19-11-5-13-20-12-4-2-3-6-18(20)22/h7-10H,2-6,11-14H2,1H3,(H,19,21). The highest BCUT2D eigenvalue weighted by Gasteiger charge is 2.15. The number of rotatable bonds is 7. The maximum atomic E-state index is 11.8. The van der Waals surface area contributed by atoms with Crippen LogP contribution in [0.4, 0.5) is 0 Å². The molecule has 1 heterocycles. The van der Waals surface area contributed by atoms with Gasteiger partial charge >= 0.3 is 0 Å². The second kappa shape index (κ2) is 9.18. The van der Waals surface area contributed by atoms with Gasteiger partial charge in [-0.3, -0.25) is 9.59 Å². The van der Waals surface area contributed by atoms with Crippen LogP contribution in [0.2, 0.25) is 0 Å². The summed E-state index contributed by atoms with van der Waals surface area (Å²) in [5, 5.41) is 2.83. The average Bonchev–Trinajstić information content (AvgIpc) is 2.75. The molecule has 0 atom stereocenters. The number of aryl methyl sites for hydroxylation is 1. The van der Waals surface area contributed by atoms with E-state index in [-0.39, 0.29) is 18.4 Å². The number of benzene rings is 1. The molecular weight excluding hydrogens is 292 g/mol. The lowest BCUT2D eigenvalue weighted by Crippen LogP contribution is -2.35. The van der Waals surface area contributed by atoms with E-state index in [0.717, 1.165) is 44.3 Å². The molecule has 0 unspecified atom stereocenters. The second-order valence-electron chi connectivity index (χ2n) is 6.00. The molecule has 1 aliphatic rings. The SMILES string of the molecule is Cc1ccc(OCC(=O)NCCCN2CCCCCC2=O)cc1. The first-order chi connectivity index (χ1) is 11.1. The predicted octanol–water partition coefficient (Wildman–Crippen LogP) is 2.28. The van der Waals surface area contributed by atoms with Crippen molar-refractivity contribution in [1.82, 2.24) is 10.2 Å². The molecular formula is C18H26N2O3. The summed E-state index contributed by atoms with van der Waals surface area (Å²) in [5.74, 6) is 0.810. The van der Waals surface area contributed by atoms with Crippen LogP contribution >= 0.6 is 0 Å². The Labute approximate surface area is 138 Å². The van der Waals surface area contributed by atoms with Gasteiger partial charge in [0, 0.05) is 26.1 Å². The van der Waals surface area contributed by atoms with E-state index in [1.807, 2.05) is 36.1 Å². The number of hydrogen-bond acceptors (Lipinski definition) is 3. The highest BCUT2D eigenvalue weighted by atomic mass is 16.5. The van der Waals surface area contributed by atoms with Crippen LogP contribution in [0, 0.1) is 6.92 Å². The molecule has 0 bridgehead atoms. The first-order valence-corrected chi connectivity index (χ1v) is 8.39. The number of nitrogens with zero attached hydrogens (tertiary/aromatic N) is 1. The van der Waals surface area contributed by atoms with Crippen molar-refractivity contribution in [3.8, 4) is 5.75 Å². The zero-order valence-electron chi connectivity index (χ0n) is 13.8. The fourth-order valence-electron chi connectivity index (χ4n) is 2.61. The lowest BCUT2D eigenvalue weighted by molar-refractivity contribution is -0.130.